The fraction of sp³-hybridized carbons (Fsp3) is 0.400. The highest BCUT2D eigenvalue weighted by molar-refractivity contribution is 5.91. The molecule has 2 amide bonds. The van der Waals surface area contributed by atoms with Gasteiger partial charge in [-0.15, -0.1) is 0 Å². The first-order valence-electron chi connectivity index (χ1n) is 6.88. The molecule has 0 radical (unpaired) electrons. The number of rotatable bonds is 5. The summed E-state index contributed by atoms with van der Waals surface area (Å²) >= 11 is 0. The molecule has 0 saturated carbocycles. The van der Waals surface area contributed by atoms with Crippen LogP contribution < -0.4 is 5.32 Å². The number of likely N-dealkylation sites (tertiary alicyclic amines) is 1. The van der Waals surface area contributed by atoms with Crippen LogP contribution >= 0.6 is 0 Å². The number of hydrogen-bond donors (Lipinski definition) is 2. The Bertz CT molecular complexity index is 544. The van der Waals surface area contributed by atoms with Gasteiger partial charge in [-0.2, -0.15) is 0 Å². The smallest absolute Gasteiger partial charge is 0.330 e. The second-order valence-electron chi connectivity index (χ2n) is 5.02. The van der Waals surface area contributed by atoms with Crippen LogP contribution in [0.5, 0.6) is 0 Å². The first-order valence-corrected chi connectivity index (χ1v) is 6.88. The molecule has 1 saturated heterocycles. The van der Waals surface area contributed by atoms with Crippen molar-refractivity contribution in [1.82, 2.24) is 10.2 Å². The number of hydrogen-bond acceptors (Lipinski definition) is 3. The SMILES string of the molecule is CCN1CC(C(=O)N[C@H](C(=O)O)c2ccccc2)CC1=O. The maximum absolute atomic E-state index is 12.2. The highest BCUT2D eigenvalue weighted by Gasteiger charge is 2.35. The molecular formula is C15H18N2O4. The molecule has 6 heteroatoms. The van der Waals surface area contributed by atoms with Crippen molar-refractivity contribution in [1.29, 1.82) is 0 Å². The summed E-state index contributed by atoms with van der Waals surface area (Å²) in [6.07, 6.45) is 0.140. The Hall–Kier alpha value is -2.37. The lowest BCUT2D eigenvalue weighted by Gasteiger charge is -2.18. The van der Waals surface area contributed by atoms with E-state index >= 15 is 0 Å². The van der Waals surface area contributed by atoms with E-state index in [0.717, 1.165) is 0 Å². The third-order valence-corrected chi connectivity index (χ3v) is 3.63. The monoisotopic (exact) mass is 290 g/mol. The van der Waals surface area contributed by atoms with Crippen LogP contribution in [-0.4, -0.2) is 40.9 Å². The molecule has 1 aromatic rings. The largest absolute Gasteiger partial charge is 0.479 e. The van der Waals surface area contributed by atoms with Crippen molar-refractivity contribution in [3.8, 4) is 0 Å². The predicted molar refractivity (Wildman–Crippen MR) is 75.3 cm³/mol. The zero-order valence-corrected chi connectivity index (χ0v) is 11.8. The minimum Gasteiger partial charge on any atom is -0.479 e. The van der Waals surface area contributed by atoms with E-state index in [9.17, 15) is 19.5 Å². The van der Waals surface area contributed by atoms with Crippen LogP contribution in [0.1, 0.15) is 24.9 Å². The highest BCUT2D eigenvalue weighted by atomic mass is 16.4. The average Bonchev–Trinajstić information content (AvgIpc) is 2.86. The van der Waals surface area contributed by atoms with Crippen molar-refractivity contribution in [3.63, 3.8) is 0 Å². The van der Waals surface area contributed by atoms with Gasteiger partial charge >= 0.3 is 5.97 Å². The second-order valence-corrected chi connectivity index (χ2v) is 5.02. The van der Waals surface area contributed by atoms with Gasteiger partial charge in [-0.25, -0.2) is 4.79 Å². The van der Waals surface area contributed by atoms with Crippen LogP contribution in [0.15, 0.2) is 30.3 Å². The summed E-state index contributed by atoms with van der Waals surface area (Å²) in [5.74, 6) is -2.06. The van der Waals surface area contributed by atoms with E-state index in [-0.39, 0.29) is 12.3 Å². The van der Waals surface area contributed by atoms with Gasteiger partial charge in [-0.3, -0.25) is 9.59 Å². The molecule has 112 valence electrons. The lowest BCUT2D eigenvalue weighted by molar-refractivity contribution is -0.142. The first kappa shape index (κ1) is 15.0. The van der Waals surface area contributed by atoms with Gasteiger partial charge < -0.3 is 15.3 Å². The van der Waals surface area contributed by atoms with Crippen LogP contribution in [0.4, 0.5) is 0 Å². The van der Waals surface area contributed by atoms with Crippen LogP contribution in [0.2, 0.25) is 0 Å². The number of nitrogens with zero attached hydrogens (tertiary/aromatic N) is 1. The molecule has 0 aromatic heterocycles. The Morgan fingerprint density at radius 1 is 1.38 bits per heavy atom. The van der Waals surface area contributed by atoms with E-state index in [1.54, 1.807) is 35.2 Å². The maximum atomic E-state index is 12.2. The summed E-state index contributed by atoms with van der Waals surface area (Å²) in [6, 6.07) is 7.42. The third kappa shape index (κ3) is 3.39. The fourth-order valence-corrected chi connectivity index (χ4v) is 2.45. The molecule has 2 atom stereocenters. The molecule has 1 aliphatic heterocycles. The number of carbonyl (C=O) groups is 3. The molecule has 1 fully saturated rings. The molecule has 1 heterocycles. The van der Waals surface area contributed by atoms with E-state index in [1.807, 2.05) is 6.92 Å². The topological polar surface area (TPSA) is 86.7 Å². The van der Waals surface area contributed by atoms with Gasteiger partial charge in [0.2, 0.25) is 11.8 Å². The highest BCUT2D eigenvalue weighted by Crippen LogP contribution is 2.20. The van der Waals surface area contributed by atoms with E-state index in [1.165, 1.54) is 0 Å². The lowest BCUT2D eigenvalue weighted by atomic mass is 10.0. The predicted octanol–water partition coefficient (Wildman–Crippen LogP) is 0.797. The van der Waals surface area contributed by atoms with E-state index in [2.05, 4.69) is 5.32 Å². The van der Waals surface area contributed by atoms with E-state index in [4.69, 9.17) is 0 Å². The summed E-state index contributed by atoms with van der Waals surface area (Å²) in [7, 11) is 0. The summed E-state index contributed by atoms with van der Waals surface area (Å²) in [4.78, 5) is 36.8. The van der Waals surface area contributed by atoms with Gasteiger partial charge in [0.25, 0.3) is 0 Å². The summed E-state index contributed by atoms with van der Waals surface area (Å²) in [6.45, 7) is 2.76. The molecule has 0 aliphatic carbocycles. The molecule has 6 nitrogen and oxygen atoms in total. The molecule has 1 aliphatic rings. The van der Waals surface area contributed by atoms with Gasteiger partial charge in [-0.1, -0.05) is 30.3 Å². The van der Waals surface area contributed by atoms with E-state index < -0.39 is 23.8 Å². The molecule has 0 bridgehead atoms. The number of carboxylic acids is 1. The number of aliphatic carboxylic acids is 1. The van der Waals surface area contributed by atoms with Crippen LogP contribution in [0.25, 0.3) is 0 Å². The summed E-state index contributed by atoms with van der Waals surface area (Å²) < 4.78 is 0. The second kappa shape index (κ2) is 6.39. The summed E-state index contributed by atoms with van der Waals surface area (Å²) in [5.41, 5.74) is 0.509. The average molecular weight is 290 g/mol. The number of benzene rings is 1. The number of carbonyl (C=O) groups excluding carboxylic acids is 2. The van der Waals surface area contributed by atoms with Crippen molar-refractivity contribution in [2.24, 2.45) is 5.92 Å². The summed E-state index contributed by atoms with van der Waals surface area (Å²) in [5, 5.41) is 11.8. The van der Waals surface area contributed by atoms with Gasteiger partial charge in [-0.05, 0) is 12.5 Å². The molecule has 2 rings (SSSR count). The van der Waals surface area contributed by atoms with Crippen LogP contribution in [0, 0.1) is 5.92 Å². The number of carboxylic acid groups (broad SMARTS) is 1. The standard InChI is InChI=1S/C15H18N2O4/c1-2-17-9-11(8-12(17)18)14(19)16-13(15(20)21)10-6-4-3-5-7-10/h3-7,11,13H,2,8-9H2,1H3,(H,16,19)(H,20,21)/t11?,13-/m0/s1. The van der Waals surface area contributed by atoms with Crippen LogP contribution in [-0.2, 0) is 14.4 Å². The molecule has 0 spiro atoms. The number of amides is 2. The van der Waals surface area contributed by atoms with Gasteiger partial charge in [0.1, 0.15) is 0 Å². The number of nitrogens with one attached hydrogen (secondary N) is 1. The maximum Gasteiger partial charge on any atom is 0.330 e. The van der Waals surface area contributed by atoms with Crippen molar-refractivity contribution in [2.45, 2.75) is 19.4 Å². The Morgan fingerprint density at radius 2 is 2.05 bits per heavy atom. The lowest BCUT2D eigenvalue weighted by Crippen LogP contribution is -2.38. The zero-order chi connectivity index (χ0) is 15.4. The molecule has 1 aromatic carbocycles. The van der Waals surface area contributed by atoms with Gasteiger partial charge in [0.05, 0.1) is 5.92 Å². The Balaban J connectivity index is 2.06. The minimum absolute atomic E-state index is 0.0655. The van der Waals surface area contributed by atoms with Gasteiger partial charge in [0.15, 0.2) is 6.04 Å². The van der Waals surface area contributed by atoms with Crippen molar-refractivity contribution in [3.05, 3.63) is 35.9 Å². The van der Waals surface area contributed by atoms with E-state index in [0.29, 0.717) is 18.7 Å². The molecular weight excluding hydrogens is 272 g/mol. The van der Waals surface area contributed by atoms with Crippen molar-refractivity contribution < 1.29 is 19.5 Å². The quantitative estimate of drug-likeness (QED) is 0.839. The zero-order valence-electron chi connectivity index (χ0n) is 11.8. The van der Waals surface area contributed by atoms with Crippen LogP contribution in [0.3, 0.4) is 0 Å². The Labute approximate surface area is 122 Å². The Kier molecular flexibility index (Phi) is 4.57. The third-order valence-electron chi connectivity index (χ3n) is 3.63. The normalized spacial score (nSPS) is 19.4. The molecule has 2 N–H and O–H groups in total. The first-order chi connectivity index (χ1) is 10.0. The van der Waals surface area contributed by atoms with Crippen molar-refractivity contribution >= 4 is 17.8 Å². The molecule has 21 heavy (non-hydrogen) atoms. The minimum atomic E-state index is -1.12. The van der Waals surface area contributed by atoms with Crippen molar-refractivity contribution in [2.75, 3.05) is 13.1 Å². The Morgan fingerprint density at radius 3 is 2.57 bits per heavy atom. The molecule has 1 unspecified atom stereocenters. The fourth-order valence-electron chi connectivity index (χ4n) is 2.45. The van der Waals surface area contributed by atoms with Gasteiger partial charge in [0, 0.05) is 19.5 Å².